The first-order valence-electron chi connectivity index (χ1n) is 5.17. The quantitative estimate of drug-likeness (QED) is 0.713. The molecule has 3 aromatic rings. The number of fused-ring (bicyclic) bond motifs is 1. The molecule has 3 rings (SSSR count). The van der Waals surface area contributed by atoms with Crippen molar-refractivity contribution >= 4 is 17.2 Å². The molecule has 0 fully saturated rings. The van der Waals surface area contributed by atoms with Crippen molar-refractivity contribution in [3.8, 4) is 17.0 Å². The van der Waals surface area contributed by atoms with Crippen molar-refractivity contribution in [1.82, 2.24) is 9.38 Å². The normalized spacial score (nSPS) is 10.9. The minimum atomic E-state index is 0.174. The predicted octanol–water partition coefficient (Wildman–Crippen LogP) is 3.36. The van der Waals surface area contributed by atoms with Crippen LogP contribution in [0.2, 0.25) is 5.02 Å². The molecule has 0 aliphatic rings. The summed E-state index contributed by atoms with van der Waals surface area (Å²) < 4.78 is 1.79. The zero-order valence-electron chi connectivity index (χ0n) is 8.84. The molecule has 0 unspecified atom stereocenters. The van der Waals surface area contributed by atoms with Crippen LogP contribution in [0.3, 0.4) is 0 Å². The fraction of sp³-hybridized carbons (Fsp3) is 0. The Bertz CT molecular complexity index is 673. The second kappa shape index (κ2) is 3.79. The lowest BCUT2D eigenvalue weighted by Crippen LogP contribution is -1.80. The molecule has 4 heteroatoms. The molecule has 84 valence electrons. The average Bonchev–Trinajstić information content (AvgIpc) is 2.75. The Hall–Kier alpha value is -2.00. The minimum absolute atomic E-state index is 0.174. The Labute approximate surface area is 103 Å². The van der Waals surface area contributed by atoms with E-state index in [4.69, 9.17) is 11.6 Å². The summed E-state index contributed by atoms with van der Waals surface area (Å²) in [6.45, 7) is 0. The highest BCUT2D eigenvalue weighted by Crippen LogP contribution is 2.24. The molecule has 1 aromatic carbocycles. The summed E-state index contributed by atoms with van der Waals surface area (Å²) >= 11 is 5.84. The van der Waals surface area contributed by atoms with Crippen LogP contribution in [0.4, 0.5) is 0 Å². The first-order valence-corrected chi connectivity index (χ1v) is 5.54. The molecule has 0 amide bonds. The van der Waals surface area contributed by atoms with Crippen LogP contribution in [0.15, 0.2) is 48.8 Å². The largest absolute Gasteiger partial charge is 0.504 e. The van der Waals surface area contributed by atoms with Gasteiger partial charge in [-0.25, -0.2) is 4.98 Å². The van der Waals surface area contributed by atoms with Gasteiger partial charge in [0.1, 0.15) is 0 Å². The van der Waals surface area contributed by atoms with Crippen molar-refractivity contribution in [3.63, 3.8) is 0 Å². The van der Waals surface area contributed by atoms with E-state index >= 15 is 0 Å². The molecule has 2 heterocycles. The first-order chi connectivity index (χ1) is 8.24. The highest BCUT2D eigenvalue weighted by Gasteiger charge is 2.06. The van der Waals surface area contributed by atoms with Gasteiger partial charge in [0.15, 0.2) is 11.4 Å². The standard InChI is InChI=1S/C13H9ClN2O/c14-10-5-3-9(4-6-10)11-8-16-7-1-2-12(17)13(16)15-11/h1-8,17H. The topological polar surface area (TPSA) is 37.5 Å². The first kappa shape index (κ1) is 10.2. The van der Waals surface area contributed by atoms with E-state index in [0.717, 1.165) is 11.3 Å². The second-order valence-electron chi connectivity index (χ2n) is 3.76. The van der Waals surface area contributed by atoms with Crippen molar-refractivity contribution in [2.24, 2.45) is 0 Å². The maximum absolute atomic E-state index is 9.67. The molecule has 0 aliphatic heterocycles. The van der Waals surface area contributed by atoms with E-state index in [1.54, 1.807) is 16.5 Å². The Kier molecular flexibility index (Phi) is 2.27. The van der Waals surface area contributed by atoms with Gasteiger partial charge in [0.05, 0.1) is 5.69 Å². The number of benzene rings is 1. The van der Waals surface area contributed by atoms with Gasteiger partial charge in [-0.05, 0) is 24.3 Å². The highest BCUT2D eigenvalue weighted by molar-refractivity contribution is 6.30. The number of hydrogen-bond donors (Lipinski definition) is 1. The smallest absolute Gasteiger partial charge is 0.180 e. The molecule has 0 atom stereocenters. The summed E-state index contributed by atoms with van der Waals surface area (Å²) in [5.74, 6) is 0.174. The molecule has 0 saturated heterocycles. The van der Waals surface area contributed by atoms with E-state index in [9.17, 15) is 5.11 Å². The molecule has 2 aromatic heterocycles. The van der Waals surface area contributed by atoms with Crippen LogP contribution >= 0.6 is 11.6 Å². The lowest BCUT2D eigenvalue weighted by atomic mass is 10.2. The number of halogens is 1. The van der Waals surface area contributed by atoms with Crippen molar-refractivity contribution in [2.45, 2.75) is 0 Å². The lowest BCUT2D eigenvalue weighted by Gasteiger charge is -1.95. The fourth-order valence-corrected chi connectivity index (χ4v) is 1.88. The number of rotatable bonds is 1. The molecule has 0 radical (unpaired) electrons. The lowest BCUT2D eigenvalue weighted by molar-refractivity contribution is 0.477. The zero-order valence-corrected chi connectivity index (χ0v) is 9.59. The number of imidazole rings is 1. The number of nitrogens with zero attached hydrogens (tertiary/aromatic N) is 2. The molecule has 1 N–H and O–H groups in total. The maximum Gasteiger partial charge on any atom is 0.180 e. The summed E-state index contributed by atoms with van der Waals surface area (Å²) in [6, 6.07) is 10.8. The van der Waals surface area contributed by atoms with Crippen LogP contribution in [0.1, 0.15) is 0 Å². The van der Waals surface area contributed by atoms with Crippen LogP contribution in [-0.4, -0.2) is 14.5 Å². The van der Waals surface area contributed by atoms with E-state index in [1.807, 2.05) is 36.7 Å². The van der Waals surface area contributed by atoms with Gasteiger partial charge in [0.25, 0.3) is 0 Å². The summed E-state index contributed by atoms with van der Waals surface area (Å²) in [5.41, 5.74) is 2.33. The molecule has 17 heavy (non-hydrogen) atoms. The van der Waals surface area contributed by atoms with Gasteiger partial charge in [0, 0.05) is 23.0 Å². The number of aromatic hydroxyl groups is 1. The van der Waals surface area contributed by atoms with E-state index in [-0.39, 0.29) is 5.75 Å². The van der Waals surface area contributed by atoms with Gasteiger partial charge in [-0.2, -0.15) is 0 Å². The minimum Gasteiger partial charge on any atom is -0.504 e. The van der Waals surface area contributed by atoms with Crippen molar-refractivity contribution in [2.75, 3.05) is 0 Å². The second-order valence-corrected chi connectivity index (χ2v) is 4.19. The van der Waals surface area contributed by atoms with Gasteiger partial charge in [-0.3, -0.25) is 0 Å². The monoisotopic (exact) mass is 244 g/mol. The van der Waals surface area contributed by atoms with Crippen LogP contribution in [0.5, 0.6) is 5.75 Å². The van der Waals surface area contributed by atoms with Crippen molar-refractivity contribution in [3.05, 3.63) is 53.8 Å². The number of aromatic nitrogens is 2. The Morgan fingerprint density at radius 3 is 2.59 bits per heavy atom. The van der Waals surface area contributed by atoms with Gasteiger partial charge < -0.3 is 9.51 Å². The van der Waals surface area contributed by atoms with Crippen LogP contribution in [0.25, 0.3) is 16.9 Å². The van der Waals surface area contributed by atoms with E-state index in [2.05, 4.69) is 4.98 Å². The molecule has 3 nitrogen and oxygen atoms in total. The number of pyridine rings is 1. The summed E-state index contributed by atoms with van der Waals surface area (Å²) in [6.07, 6.45) is 3.72. The van der Waals surface area contributed by atoms with E-state index in [1.165, 1.54) is 0 Å². The Morgan fingerprint density at radius 1 is 1.12 bits per heavy atom. The Balaban J connectivity index is 2.18. The Morgan fingerprint density at radius 2 is 1.88 bits per heavy atom. The van der Waals surface area contributed by atoms with Crippen LogP contribution in [-0.2, 0) is 0 Å². The zero-order chi connectivity index (χ0) is 11.8. The molecule has 0 saturated carbocycles. The molecular weight excluding hydrogens is 236 g/mol. The molecule has 0 bridgehead atoms. The van der Waals surface area contributed by atoms with E-state index < -0.39 is 0 Å². The number of hydrogen-bond acceptors (Lipinski definition) is 2. The highest BCUT2D eigenvalue weighted by atomic mass is 35.5. The fourth-order valence-electron chi connectivity index (χ4n) is 1.76. The third-order valence-corrected chi connectivity index (χ3v) is 2.85. The SMILES string of the molecule is Oc1cccn2cc(-c3ccc(Cl)cc3)nc12. The van der Waals surface area contributed by atoms with Gasteiger partial charge in [-0.1, -0.05) is 23.7 Å². The van der Waals surface area contributed by atoms with Gasteiger partial charge in [-0.15, -0.1) is 0 Å². The molecule has 0 aliphatic carbocycles. The molecule has 0 spiro atoms. The molecular formula is C13H9ClN2O. The average molecular weight is 245 g/mol. The van der Waals surface area contributed by atoms with Crippen molar-refractivity contribution in [1.29, 1.82) is 0 Å². The van der Waals surface area contributed by atoms with Crippen LogP contribution < -0.4 is 0 Å². The summed E-state index contributed by atoms with van der Waals surface area (Å²) in [4.78, 5) is 4.38. The van der Waals surface area contributed by atoms with Crippen LogP contribution in [0, 0.1) is 0 Å². The summed E-state index contributed by atoms with van der Waals surface area (Å²) in [7, 11) is 0. The van der Waals surface area contributed by atoms with Crippen molar-refractivity contribution < 1.29 is 5.11 Å². The van der Waals surface area contributed by atoms with Gasteiger partial charge in [0.2, 0.25) is 0 Å². The predicted molar refractivity (Wildman–Crippen MR) is 67.3 cm³/mol. The third kappa shape index (κ3) is 1.74. The maximum atomic E-state index is 9.67. The third-order valence-electron chi connectivity index (χ3n) is 2.60. The summed E-state index contributed by atoms with van der Waals surface area (Å²) in [5, 5.41) is 10.4. The van der Waals surface area contributed by atoms with E-state index in [0.29, 0.717) is 10.7 Å². The van der Waals surface area contributed by atoms with Gasteiger partial charge >= 0.3 is 0 Å².